The van der Waals surface area contributed by atoms with E-state index in [-0.39, 0.29) is 48.9 Å². The number of nitrogens with one attached hydrogen (secondary N) is 1. The monoisotopic (exact) mass is 743 g/mol. The number of ketones is 1. The molecule has 2 aromatic carbocycles. The van der Waals surface area contributed by atoms with Crippen molar-refractivity contribution in [3.8, 4) is 0 Å². The number of carbonyl (C=O) groups excluding carboxylic acids is 4. The lowest BCUT2D eigenvalue weighted by molar-refractivity contribution is -0.201. The van der Waals surface area contributed by atoms with Crippen LogP contribution in [0.2, 0.25) is 0 Å². The summed E-state index contributed by atoms with van der Waals surface area (Å²) < 4.78 is 30.3. The summed E-state index contributed by atoms with van der Waals surface area (Å²) in [4.78, 5) is 55.8. The zero-order chi connectivity index (χ0) is 38.8. The Balaban J connectivity index is 1.27. The molecule has 1 aliphatic heterocycles. The number of alkyl carbamates (subject to hydrolysis) is 1. The van der Waals surface area contributed by atoms with Crippen LogP contribution in [0.1, 0.15) is 95.6 Å². The van der Waals surface area contributed by atoms with Gasteiger partial charge in [-0.1, -0.05) is 62.4 Å². The van der Waals surface area contributed by atoms with Crippen molar-refractivity contribution in [3.63, 3.8) is 0 Å². The van der Waals surface area contributed by atoms with Crippen LogP contribution in [0.4, 0.5) is 4.79 Å². The number of amides is 1. The van der Waals surface area contributed by atoms with Gasteiger partial charge in [0.25, 0.3) is 0 Å². The molecule has 290 valence electrons. The van der Waals surface area contributed by atoms with E-state index >= 15 is 4.79 Å². The second kappa shape index (κ2) is 13.9. The highest BCUT2D eigenvalue weighted by molar-refractivity contribution is 5.95. The highest BCUT2D eigenvalue weighted by Crippen LogP contribution is 2.71. The maximum absolute atomic E-state index is 15.0. The Kier molecular flexibility index (Phi) is 9.84. The topological polar surface area (TPSA) is 147 Å². The number of Topliss-reactive ketones (excluding diaryl/α,β-unsaturated/α-hetero) is 1. The minimum Gasteiger partial charge on any atom is -0.458 e. The van der Waals surface area contributed by atoms with E-state index in [1.807, 2.05) is 45.0 Å². The van der Waals surface area contributed by atoms with E-state index in [9.17, 15) is 19.5 Å². The van der Waals surface area contributed by atoms with Gasteiger partial charge in [0.2, 0.25) is 0 Å². The van der Waals surface area contributed by atoms with Gasteiger partial charge in [-0.05, 0) is 87.6 Å². The number of esters is 2. The smallest absolute Gasteiger partial charge is 0.408 e. The zero-order valence-corrected chi connectivity index (χ0v) is 32.3. The molecule has 0 aromatic heterocycles. The van der Waals surface area contributed by atoms with Gasteiger partial charge in [0, 0.05) is 30.3 Å². The normalized spacial score (nSPS) is 34.2. The maximum atomic E-state index is 15.0. The van der Waals surface area contributed by atoms with Crippen molar-refractivity contribution in [1.29, 1.82) is 0 Å². The largest absolute Gasteiger partial charge is 0.458 e. The molecule has 1 spiro atoms. The van der Waals surface area contributed by atoms with E-state index < -0.39 is 64.4 Å². The predicted octanol–water partition coefficient (Wildman–Crippen LogP) is 6.29. The molecule has 1 saturated heterocycles. The molecule has 54 heavy (non-hydrogen) atoms. The van der Waals surface area contributed by atoms with Crippen molar-refractivity contribution in [3.05, 3.63) is 82.9 Å². The summed E-state index contributed by atoms with van der Waals surface area (Å²) in [6, 6.07) is 16.9. The summed E-state index contributed by atoms with van der Waals surface area (Å²) in [7, 11) is 1.51. The number of hydrogen-bond acceptors (Lipinski definition) is 10. The number of hydrogen-bond donors (Lipinski definition) is 2. The molecular formula is C43H53NO10. The van der Waals surface area contributed by atoms with Gasteiger partial charge < -0.3 is 34.1 Å². The Morgan fingerprint density at radius 1 is 0.981 bits per heavy atom. The first-order chi connectivity index (χ1) is 25.5. The standard InChI is InChI=1S/C43H53NO10/c1-24-32(52-34(45)20-30(25-14-10-8-11-15-25)44-39(48)54-40(2,3)4)22-43(49)33(53-38(47)26-16-12-9-13-17-26)19-29-28-23-51-31(28)18-27-21-42(27,29)37(46)36(50-7)35(24)41(43,5)6/h8-17,27-33,36,49H,18-23H2,1-7H3,(H,44,48)/t27-,28+,29-,30-,31-,32+,33+,36-,42-,43-/m1/s1. The van der Waals surface area contributed by atoms with Crippen LogP contribution in [-0.2, 0) is 33.3 Å². The van der Waals surface area contributed by atoms with Crippen molar-refractivity contribution >= 4 is 23.8 Å². The SMILES string of the molecule is CO[C@H]1C(=O)[C@]23C[C@H]2C[C@H]2OC[C@H]2[C@H]3C[C@H](OC(=O)c2ccccc2)[C@]2(O)C[C@H](OC(=O)C[C@@H](NC(=O)OC(C)(C)C)c3ccccc3)C(C)=C1C2(C)C. The molecule has 5 aliphatic rings. The van der Waals surface area contributed by atoms with Gasteiger partial charge in [-0.25, -0.2) is 9.59 Å². The van der Waals surface area contributed by atoms with Crippen LogP contribution in [-0.4, -0.2) is 78.3 Å². The van der Waals surface area contributed by atoms with Gasteiger partial charge in [0.1, 0.15) is 29.5 Å². The van der Waals surface area contributed by atoms with E-state index in [0.717, 1.165) is 6.42 Å². The Bertz CT molecular complexity index is 1820. The molecule has 7 rings (SSSR count). The third kappa shape index (κ3) is 6.56. The van der Waals surface area contributed by atoms with E-state index in [1.54, 1.807) is 57.2 Å². The van der Waals surface area contributed by atoms with Crippen LogP contribution in [0.15, 0.2) is 71.8 Å². The van der Waals surface area contributed by atoms with Gasteiger partial charge in [0.05, 0.1) is 30.7 Å². The number of benzene rings is 2. The molecule has 1 amide bonds. The van der Waals surface area contributed by atoms with Crippen molar-refractivity contribution in [2.75, 3.05) is 13.7 Å². The summed E-state index contributed by atoms with van der Waals surface area (Å²) in [5.74, 6) is -1.30. The minimum absolute atomic E-state index is 0.0131. The maximum Gasteiger partial charge on any atom is 0.408 e. The first-order valence-corrected chi connectivity index (χ1v) is 19.1. The van der Waals surface area contributed by atoms with Crippen LogP contribution >= 0.6 is 0 Å². The number of fused-ring (bicyclic) bond motifs is 4. The van der Waals surface area contributed by atoms with Crippen molar-refractivity contribution in [2.45, 2.75) is 115 Å². The number of aliphatic hydroxyl groups is 1. The third-order valence-electron chi connectivity index (χ3n) is 13.0. The summed E-state index contributed by atoms with van der Waals surface area (Å²) in [5, 5.41) is 16.1. The van der Waals surface area contributed by atoms with Crippen LogP contribution in [0.3, 0.4) is 0 Å². The van der Waals surface area contributed by atoms with Crippen molar-refractivity contribution < 1.29 is 48.0 Å². The quantitative estimate of drug-likeness (QED) is 0.180. The molecule has 10 atom stereocenters. The molecule has 2 bridgehead atoms. The van der Waals surface area contributed by atoms with Crippen LogP contribution in [0, 0.1) is 28.6 Å². The van der Waals surface area contributed by atoms with E-state index in [2.05, 4.69) is 5.32 Å². The predicted molar refractivity (Wildman–Crippen MR) is 197 cm³/mol. The Morgan fingerprint density at radius 3 is 2.26 bits per heavy atom. The second-order valence-corrected chi connectivity index (χ2v) is 17.4. The van der Waals surface area contributed by atoms with Crippen molar-refractivity contribution in [1.82, 2.24) is 5.32 Å². The molecule has 2 aromatic rings. The lowest BCUT2D eigenvalue weighted by Gasteiger charge is -2.54. The summed E-state index contributed by atoms with van der Waals surface area (Å²) in [5.41, 5.74) is -2.26. The van der Waals surface area contributed by atoms with Gasteiger partial charge in [-0.3, -0.25) is 9.59 Å². The highest BCUT2D eigenvalue weighted by atomic mass is 16.6. The van der Waals surface area contributed by atoms with E-state index in [1.165, 1.54) is 7.11 Å². The average molecular weight is 744 g/mol. The first-order valence-electron chi connectivity index (χ1n) is 19.1. The first kappa shape index (κ1) is 38.2. The molecule has 4 aliphatic carbocycles. The van der Waals surface area contributed by atoms with E-state index in [4.69, 9.17) is 23.7 Å². The minimum atomic E-state index is -1.80. The molecule has 0 radical (unpaired) electrons. The number of rotatable bonds is 8. The van der Waals surface area contributed by atoms with Gasteiger partial charge >= 0.3 is 18.0 Å². The van der Waals surface area contributed by atoms with Gasteiger partial charge in [-0.2, -0.15) is 0 Å². The molecule has 3 saturated carbocycles. The fraction of sp³-hybridized carbons (Fsp3) is 0.581. The van der Waals surface area contributed by atoms with Gasteiger partial charge in [-0.15, -0.1) is 0 Å². The summed E-state index contributed by atoms with van der Waals surface area (Å²) in [6.45, 7) is 11.3. The third-order valence-corrected chi connectivity index (χ3v) is 13.0. The fourth-order valence-electron chi connectivity index (χ4n) is 10.1. The van der Waals surface area contributed by atoms with Gasteiger partial charge in [0.15, 0.2) is 5.78 Å². The van der Waals surface area contributed by atoms with Crippen molar-refractivity contribution in [2.24, 2.45) is 28.6 Å². The lowest BCUT2D eigenvalue weighted by Crippen LogP contribution is -2.62. The average Bonchev–Trinajstić information content (AvgIpc) is 3.84. The molecule has 2 N–H and O–H groups in total. The Labute approximate surface area is 317 Å². The number of ether oxygens (including phenoxy) is 5. The molecule has 11 nitrogen and oxygen atoms in total. The molecule has 4 fully saturated rings. The van der Waals surface area contributed by atoms with Crippen LogP contribution in [0.25, 0.3) is 0 Å². The molecule has 0 unspecified atom stereocenters. The van der Waals surface area contributed by atoms with Crippen LogP contribution < -0.4 is 5.32 Å². The Morgan fingerprint density at radius 2 is 1.65 bits per heavy atom. The van der Waals surface area contributed by atoms with Crippen LogP contribution in [0.5, 0.6) is 0 Å². The summed E-state index contributed by atoms with van der Waals surface area (Å²) in [6.07, 6.45) is -2.39. The molecule has 11 heteroatoms. The molecule has 1 heterocycles. The summed E-state index contributed by atoms with van der Waals surface area (Å²) >= 11 is 0. The highest BCUT2D eigenvalue weighted by Gasteiger charge is 2.74. The molecular weight excluding hydrogens is 690 g/mol. The lowest BCUT2D eigenvalue weighted by atomic mass is 9.57. The Hall–Kier alpha value is -4.06. The second-order valence-electron chi connectivity index (χ2n) is 17.4. The number of carbonyl (C=O) groups is 4. The number of methoxy groups -OCH3 is 1. The zero-order valence-electron chi connectivity index (χ0n) is 32.3. The fourth-order valence-corrected chi connectivity index (χ4v) is 10.1. The van der Waals surface area contributed by atoms with E-state index in [0.29, 0.717) is 35.3 Å².